The fraction of sp³-hybridized carbons (Fsp3) is 0.350. The molecule has 1 fully saturated rings. The Labute approximate surface area is 153 Å². The molecule has 1 aromatic heterocycles. The van der Waals surface area contributed by atoms with Gasteiger partial charge in [0, 0.05) is 43.8 Å². The molecule has 1 aromatic carbocycles. The minimum Gasteiger partial charge on any atom is -0.381 e. The molecule has 0 radical (unpaired) electrons. The molecule has 1 aliphatic rings. The maximum absolute atomic E-state index is 12.8. The number of anilines is 1. The Hall–Kier alpha value is -2.73. The molecule has 0 aliphatic carbocycles. The zero-order valence-corrected chi connectivity index (χ0v) is 14.8. The molecule has 2 N–H and O–H groups in total. The van der Waals surface area contributed by atoms with Crippen molar-refractivity contribution in [2.45, 2.75) is 25.8 Å². The predicted octanol–water partition coefficient (Wildman–Crippen LogP) is 2.94. The molecule has 1 atom stereocenters. The van der Waals surface area contributed by atoms with Crippen LogP contribution in [0.1, 0.15) is 41.7 Å². The van der Waals surface area contributed by atoms with Gasteiger partial charge in [0.2, 0.25) is 5.91 Å². The Morgan fingerprint density at radius 1 is 1.15 bits per heavy atom. The van der Waals surface area contributed by atoms with Crippen LogP contribution in [0.5, 0.6) is 0 Å². The van der Waals surface area contributed by atoms with Gasteiger partial charge in [0.05, 0.1) is 6.04 Å². The van der Waals surface area contributed by atoms with Gasteiger partial charge in [0.15, 0.2) is 0 Å². The monoisotopic (exact) mass is 353 g/mol. The van der Waals surface area contributed by atoms with Gasteiger partial charge in [-0.1, -0.05) is 6.07 Å². The second-order valence-electron chi connectivity index (χ2n) is 6.45. The Kier molecular flexibility index (Phi) is 5.96. The van der Waals surface area contributed by atoms with E-state index in [1.807, 2.05) is 12.1 Å². The standard InChI is InChI=1S/C20H23N3O3/c1-14(24)22-18-6-4-16(5-7-18)20(25)23-19(15-8-11-26-12-9-15)17-3-2-10-21-13-17/h2-7,10,13,15,19H,8-9,11-12H2,1H3,(H,22,24)(H,23,25). The number of nitrogens with zero attached hydrogens (tertiary/aromatic N) is 1. The van der Waals surface area contributed by atoms with Crippen molar-refractivity contribution in [2.75, 3.05) is 18.5 Å². The van der Waals surface area contributed by atoms with Gasteiger partial charge in [0.1, 0.15) is 0 Å². The second kappa shape index (κ2) is 8.58. The summed E-state index contributed by atoms with van der Waals surface area (Å²) in [5.41, 5.74) is 2.23. The molecule has 0 bridgehead atoms. The topological polar surface area (TPSA) is 80.3 Å². The highest BCUT2D eigenvalue weighted by molar-refractivity contribution is 5.95. The van der Waals surface area contributed by atoms with Crippen molar-refractivity contribution in [1.29, 1.82) is 0 Å². The number of pyridine rings is 1. The van der Waals surface area contributed by atoms with Gasteiger partial charge in [0.25, 0.3) is 5.91 Å². The maximum atomic E-state index is 12.8. The third kappa shape index (κ3) is 4.67. The molecule has 2 aromatic rings. The molecule has 1 saturated heterocycles. The lowest BCUT2D eigenvalue weighted by molar-refractivity contribution is -0.114. The molecule has 1 unspecified atom stereocenters. The Balaban J connectivity index is 1.75. The third-order valence-corrected chi connectivity index (χ3v) is 4.53. The van der Waals surface area contributed by atoms with Crippen molar-refractivity contribution in [3.63, 3.8) is 0 Å². The van der Waals surface area contributed by atoms with Crippen LogP contribution in [0.3, 0.4) is 0 Å². The molecule has 1 aliphatic heterocycles. The average molecular weight is 353 g/mol. The van der Waals surface area contributed by atoms with Gasteiger partial charge in [-0.05, 0) is 54.7 Å². The highest BCUT2D eigenvalue weighted by Gasteiger charge is 2.27. The van der Waals surface area contributed by atoms with Gasteiger partial charge in [-0.15, -0.1) is 0 Å². The van der Waals surface area contributed by atoms with Crippen LogP contribution in [0.15, 0.2) is 48.8 Å². The molecule has 2 amide bonds. The van der Waals surface area contributed by atoms with Crippen LogP contribution in [-0.2, 0) is 9.53 Å². The van der Waals surface area contributed by atoms with Gasteiger partial charge in [-0.2, -0.15) is 0 Å². The number of rotatable bonds is 5. The zero-order valence-electron chi connectivity index (χ0n) is 14.8. The van der Waals surface area contributed by atoms with Crippen LogP contribution in [0.2, 0.25) is 0 Å². The number of carbonyl (C=O) groups excluding carboxylic acids is 2. The van der Waals surface area contributed by atoms with E-state index in [2.05, 4.69) is 15.6 Å². The summed E-state index contributed by atoms with van der Waals surface area (Å²) in [4.78, 5) is 28.1. The summed E-state index contributed by atoms with van der Waals surface area (Å²) in [6.45, 7) is 2.87. The van der Waals surface area contributed by atoms with Crippen molar-refractivity contribution in [3.8, 4) is 0 Å². The van der Waals surface area contributed by atoms with E-state index < -0.39 is 0 Å². The Morgan fingerprint density at radius 2 is 1.88 bits per heavy atom. The molecular formula is C20H23N3O3. The number of ether oxygens (including phenoxy) is 1. The van der Waals surface area contributed by atoms with Gasteiger partial charge in [-0.25, -0.2) is 0 Å². The minimum absolute atomic E-state index is 0.102. The van der Waals surface area contributed by atoms with E-state index in [0.29, 0.717) is 30.4 Å². The molecule has 2 heterocycles. The number of hydrogen-bond acceptors (Lipinski definition) is 4. The van der Waals surface area contributed by atoms with Crippen molar-refractivity contribution in [3.05, 3.63) is 59.9 Å². The van der Waals surface area contributed by atoms with Crippen LogP contribution in [0.25, 0.3) is 0 Å². The summed E-state index contributed by atoms with van der Waals surface area (Å²) in [6, 6.07) is 10.7. The van der Waals surface area contributed by atoms with Gasteiger partial charge >= 0.3 is 0 Å². The largest absolute Gasteiger partial charge is 0.381 e. The normalized spacial score (nSPS) is 15.9. The summed E-state index contributed by atoms with van der Waals surface area (Å²) in [6.07, 6.45) is 5.34. The fourth-order valence-corrected chi connectivity index (χ4v) is 3.22. The number of nitrogens with one attached hydrogen (secondary N) is 2. The smallest absolute Gasteiger partial charge is 0.251 e. The van der Waals surface area contributed by atoms with Gasteiger partial charge < -0.3 is 15.4 Å². The van der Waals surface area contributed by atoms with E-state index in [1.54, 1.807) is 36.7 Å². The zero-order chi connectivity index (χ0) is 18.4. The molecular weight excluding hydrogens is 330 g/mol. The molecule has 26 heavy (non-hydrogen) atoms. The summed E-state index contributed by atoms with van der Waals surface area (Å²) in [7, 11) is 0. The Morgan fingerprint density at radius 3 is 2.50 bits per heavy atom. The van der Waals surface area contributed by atoms with Crippen LogP contribution >= 0.6 is 0 Å². The first-order valence-electron chi connectivity index (χ1n) is 8.79. The van der Waals surface area contributed by atoms with Crippen LogP contribution in [0.4, 0.5) is 5.69 Å². The maximum Gasteiger partial charge on any atom is 0.251 e. The molecule has 0 spiro atoms. The lowest BCUT2D eigenvalue weighted by Crippen LogP contribution is -2.36. The van der Waals surface area contributed by atoms with E-state index in [4.69, 9.17) is 4.74 Å². The first-order valence-corrected chi connectivity index (χ1v) is 8.79. The van der Waals surface area contributed by atoms with E-state index in [-0.39, 0.29) is 17.9 Å². The first-order chi connectivity index (χ1) is 12.6. The van der Waals surface area contributed by atoms with Crippen molar-refractivity contribution in [1.82, 2.24) is 10.3 Å². The third-order valence-electron chi connectivity index (χ3n) is 4.53. The number of benzene rings is 1. The second-order valence-corrected chi connectivity index (χ2v) is 6.45. The van der Waals surface area contributed by atoms with E-state index in [0.717, 1.165) is 18.4 Å². The summed E-state index contributed by atoms with van der Waals surface area (Å²) in [5.74, 6) is 0.0358. The average Bonchev–Trinajstić information content (AvgIpc) is 2.67. The molecule has 0 saturated carbocycles. The van der Waals surface area contributed by atoms with Crippen molar-refractivity contribution in [2.24, 2.45) is 5.92 Å². The molecule has 3 rings (SSSR count). The lowest BCUT2D eigenvalue weighted by Gasteiger charge is -2.31. The predicted molar refractivity (Wildman–Crippen MR) is 98.7 cm³/mol. The lowest BCUT2D eigenvalue weighted by atomic mass is 9.87. The SMILES string of the molecule is CC(=O)Nc1ccc(C(=O)NC(c2cccnc2)C2CCOCC2)cc1. The van der Waals surface area contributed by atoms with E-state index in [9.17, 15) is 9.59 Å². The molecule has 6 nitrogen and oxygen atoms in total. The first kappa shape index (κ1) is 18.1. The highest BCUT2D eigenvalue weighted by atomic mass is 16.5. The number of hydrogen-bond donors (Lipinski definition) is 2. The molecule has 136 valence electrons. The van der Waals surface area contributed by atoms with Crippen molar-refractivity contribution < 1.29 is 14.3 Å². The van der Waals surface area contributed by atoms with E-state index in [1.165, 1.54) is 6.92 Å². The van der Waals surface area contributed by atoms with Crippen LogP contribution in [-0.4, -0.2) is 30.0 Å². The van der Waals surface area contributed by atoms with Crippen molar-refractivity contribution >= 4 is 17.5 Å². The van der Waals surface area contributed by atoms with E-state index >= 15 is 0 Å². The summed E-state index contributed by atoms with van der Waals surface area (Å²) >= 11 is 0. The minimum atomic E-state index is -0.140. The number of aromatic nitrogens is 1. The number of amides is 2. The quantitative estimate of drug-likeness (QED) is 0.866. The van der Waals surface area contributed by atoms with Crippen LogP contribution < -0.4 is 10.6 Å². The van der Waals surface area contributed by atoms with Gasteiger partial charge in [-0.3, -0.25) is 14.6 Å². The van der Waals surface area contributed by atoms with Crippen LogP contribution in [0, 0.1) is 5.92 Å². The highest BCUT2D eigenvalue weighted by Crippen LogP contribution is 2.30. The summed E-state index contributed by atoms with van der Waals surface area (Å²) in [5, 5.41) is 5.85. The summed E-state index contributed by atoms with van der Waals surface area (Å²) < 4.78 is 5.46. The molecule has 6 heteroatoms. The fourth-order valence-electron chi connectivity index (χ4n) is 3.22. The Bertz CT molecular complexity index is 741. The number of carbonyl (C=O) groups is 2.